The van der Waals surface area contributed by atoms with Crippen LogP contribution in [-0.2, 0) is 11.2 Å². The van der Waals surface area contributed by atoms with Gasteiger partial charge in [0.15, 0.2) is 11.7 Å². The largest absolute Gasteiger partial charge is 0.393 e. The van der Waals surface area contributed by atoms with E-state index in [0.29, 0.717) is 31.2 Å². The first-order valence-electron chi connectivity index (χ1n) is 25.5. The van der Waals surface area contributed by atoms with Crippen molar-refractivity contribution < 1.29 is 25.2 Å². The van der Waals surface area contributed by atoms with Gasteiger partial charge in [-0.15, -0.1) is 0 Å². The molecule has 2 aromatic rings. The summed E-state index contributed by atoms with van der Waals surface area (Å²) >= 11 is 0. The van der Waals surface area contributed by atoms with Crippen LogP contribution in [0.15, 0.2) is 76.8 Å². The highest BCUT2D eigenvalue weighted by Crippen LogP contribution is 2.73. The molecule has 2 bridgehead atoms. The summed E-state index contributed by atoms with van der Waals surface area (Å²) < 4.78 is 2.30. The Bertz CT molecular complexity index is 2150. The molecular formula is C54H79N5O5S2. The standard InChI is InChI=1S/C54H79N5O5S2/c1-33-38-22-41(54(64)42-25-44(61)40-24-45(62)46(63)29-51(40,4)48(42)36(26-52(38,54)5)30-58-49(55)56)47(16-15-34-12-7-6-8-13-34)66-65-31-37(59-21-20-57-32-59)28-50(2,3)39(23-43(33)60)35-14-11-19-53(27-35)17-9-10-18-53/h6-8,12-13,20-21,25,32-33,36-38,40-41,43,45-48,60,62-64H,9-11,14-19,22-24,26-31H2,1-5H3,(H4,55,56,58)/b39-35+/t33-,36+,37+,38+,40-,41+,43+,45+,46-,47-,48-,51-,52+,54+/m0/s1. The van der Waals surface area contributed by atoms with Crippen molar-refractivity contribution in [3.8, 4) is 0 Å². The van der Waals surface area contributed by atoms with Gasteiger partial charge in [-0.25, -0.2) is 4.98 Å². The van der Waals surface area contributed by atoms with Crippen LogP contribution in [0.1, 0.15) is 143 Å². The molecule has 5 saturated carbocycles. The predicted molar refractivity (Wildman–Crippen MR) is 267 cm³/mol. The molecule has 9 rings (SSSR count). The number of hydrogen-bond donors (Lipinski definition) is 6. The highest BCUT2D eigenvalue weighted by atomic mass is 33.1. The molecule has 0 amide bonds. The molecule has 8 N–H and O–H groups in total. The van der Waals surface area contributed by atoms with Crippen molar-refractivity contribution in [2.45, 2.75) is 173 Å². The Labute approximate surface area is 402 Å². The zero-order valence-corrected chi connectivity index (χ0v) is 41.9. The fourth-order valence-corrected chi connectivity index (χ4v) is 19.4. The number of imidazole rings is 1. The van der Waals surface area contributed by atoms with E-state index in [1.807, 2.05) is 34.1 Å². The topological polar surface area (TPSA) is 180 Å². The van der Waals surface area contributed by atoms with Crippen LogP contribution in [0.3, 0.4) is 0 Å². The molecule has 362 valence electrons. The van der Waals surface area contributed by atoms with Gasteiger partial charge in [0.05, 0.1) is 30.2 Å². The van der Waals surface area contributed by atoms with Gasteiger partial charge in [-0.1, -0.05) is 111 Å². The number of aromatic nitrogens is 2. The Morgan fingerprint density at radius 1 is 0.939 bits per heavy atom. The van der Waals surface area contributed by atoms with Gasteiger partial charge in [-0.2, -0.15) is 0 Å². The Morgan fingerprint density at radius 2 is 1.68 bits per heavy atom. The lowest BCUT2D eigenvalue weighted by molar-refractivity contribution is -0.170. The number of aryl methyl sites for hydroxylation is 1. The molecule has 1 aromatic heterocycles. The van der Waals surface area contributed by atoms with Gasteiger partial charge in [-0.05, 0) is 147 Å². The van der Waals surface area contributed by atoms with E-state index in [4.69, 9.17) is 11.5 Å². The highest BCUT2D eigenvalue weighted by Gasteiger charge is 2.73. The second kappa shape index (κ2) is 18.6. The minimum absolute atomic E-state index is 0.00282. The first-order chi connectivity index (χ1) is 31.4. The van der Waals surface area contributed by atoms with E-state index in [9.17, 15) is 25.2 Å². The van der Waals surface area contributed by atoms with E-state index >= 15 is 0 Å². The van der Waals surface area contributed by atoms with E-state index in [2.05, 4.69) is 85.7 Å². The van der Waals surface area contributed by atoms with Crippen LogP contribution >= 0.6 is 21.6 Å². The summed E-state index contributed by atoms with van der Waals surface area (Å²) in [4.78, 5) is 24.0. The Morgan fingerprint density at radius 3 is 2.39 bits per heavy atom. The number of aliphatic hydroxyl groups is 4. The number of nitrogens with zero attached hydrogens (tertiary/aromatic N) is 3. The summed E-state index contributed by atoms with van der Waals surface area (Å²) in [5, 5.41) is 50.0. The summed E-state index contributed by atoms with van der Waals surface area (Å²) in [7, 11) is 3.83. The molecule has 1 spiro atoms. The first kappa shape index (κ1) is 48.4. The Balaban J connectivity index is 1.20. The third-order valence-corrected chi connectivity index (χ3v) is 22.4. The smallest absolute Gasteiger partial charge is 0.185 e. The number of nitrogens with two attached hydrogens (primary N) is 2. The van der Waals surface area contributed by atoms with Crippen molar-refractivity contribution in [3.63, 3.8) is 0 Å². The summed E-state index contributed by atoms with van der Waals surface area (Å²) in [6.45, 7) is 11.8. The van der Waals surface area contributed by atoms with Crippen molar-refractivity contribution in [3.05, 3.63) is 77.4 Å². The molecule has 1 aliphatic heterocycles. The minimum Gasteiger partial charge on any atom is -0.393 e. The van der Waals surface area contributed by atoms with Crippen LogP contribution in [0.4, 0.5) is 0 Å². The normalized spacial score (nSPS) is 42.4. The maximum Gasteiger partial charge on any atom is 0.185 e. The van der Waals surface area contributed by atoms with E-state index in [-0.39, 0.29) is 70.9 Å². The maximum atomic E-state index is 14.7. The SMILES string of the molecule is C[C@@H]1[C@H](O)C/C(=C2/CCCC3(CCCC3)C2)C(C)(C)C[C@@H](n2ccnc2)CSS[C@@H](CCc2ccccc2)[C@H]2C[C@H]1[C@@]1(C)C[C@H](CN=C(N)N)[C@H]3C(=CC(=O)[C@@H]4C[C@@H](O)[C@@H](O)C[C@]34C)[C@]21O. The van der Waals surface area contributed by atoms with E-state index in [0.717, 1.165) is 43.4 Å². The molecule has 14 atom stereocenters. The molecule has 0 unspecified atom stereocenters. The Kier molecular flexibility index (Phi) is 13.7. The molecule has 12 heteroatoms. The number of rotatable bonds is 6. The average molecular weight is 942 g/mol. The molecule has 6 fully saturated rings. The monoisotopic (exact) mass is 942 g/mol. The second-order valence-corrected chi connectivity index (χ2v) is 26.3. The molecular weight excluding hydrogens is 863 g/mol. The van der Waals surface area contributed by atoms with Gasteiger partial charge in [-0.3, -0.25) is 9.79 Å². The van der Waals surface area contributed by atoms with Gasteiger partial charge < -0.3 is 36.5 Å². The number of aliphatic hydroxyl groups excluding tert-OH is 3. The summed E-state index contributed by atoms with van der Waals surface area (Å²) in [5.74, 6) is -0.677. The quantitative estimate of drug-likeness (QED) is 0.0709. The summed E-state index contributed by atoms with van der Waals surface area (Å²) in [5.41, 5.74) is 14.5. The van der Waals surface area contributed by atoms with Gasteiger partial charge >= 0.3 is 0 Å². The third-order valence-electron chi connectivity index (χ3n) is 19.4. The number of ketones is 1. The zero-order valence-electron chi connectivity index (χ0n) is 40.3. The zero-order chi connectivity index (χ0) is 46.8. The summed E-state index contributed by atoms with van der Waals surface area (Å²) in [6.07, 6.45) is 20.0. The van der Waals surface area contributed by atoms with Crippen LogP contribution in [0.2, 0.25) is 0 Å². The summed E-state index contributed by atoms with van der Waals surface area (Å²) in [6, 6.07) is 10.8. The van der Waals surface area contributed by atoms with Crippen LogP contribution in [0.5, 0.6) is 0 Å². The van der Waals surface area contributed by atoms with Gasteiger partial charge in [0, 0.05) is 53.2 Å². The number of hydrogen-bond acceptors (Lipinski definition) is 9. The maximum absolute atomic E-state index is 14.7. The number of carbonyl (C=O) groups is 1. The average Bonchev–Trinajstić information content (AvgIpc) is 4.03. The van der Waals surface area contributed by atoms with Gasteiger partial charge in [0.1, 0.15) is 0 Å². The van der Waals surface area contributed by atoms with E-state index in [1.54, 1.807) is 11.6 Å². The molecule has 66 heavy (non-hydrogen) atoms. The van der Waals surface area contributed by atoms with Gasteiger partial charge in [0.2, 0.25) is 0 Å². The minimum atomic E-state index is -1.41. The number of benzene rings is 1. The molecule has 1 aromatic carbocycles. The van der Waals surface area contributed by atoms with Crippen molar-refractivity contribution in [1.82, 2.24) is 9.55 Å². The number of carbonyl (C=O) groups excluding carboxylic acids is 1. The molecule has 6 aliphatic carbocycles. The van der Waals surface area contributed by atoms with Crippen molar-refractivity contribution in [2.75, 3.05) is 12.3 Å². The Hall–Kier alpha value is -2.61. The highest BCUT2D eigenvalue weighted by molar-refractivity contribution is 8.76. The van der Waals surface area contributed by atoms with Crippen molar-refractivity contribution >= 4 is 33.3 Å². The molecule has 0 radical (unpaired) electrons. The number of aliphatic imine (C=N–C) groups is 1. The van der Waals surface area contributed by atoms with Crippen LogP contribution in [0, 0.1) is 57.2 Å². The van der Waals surface area contributed by atoms with E-state index in [1.165, 1.54) is 49.7 Å². The molecule has 2 heterocycles. The van der Waals surface area contributed by atoms with Crippen LogP contribution in [0.25, 0.3) is 0 Å². The molecule has 10 nitrogen and oxygen atoms in total. The number of guanidine groups is 1. The lowest BCUT2D eigenvalue weighted by Gasteiger charge is -2.63. The third kappa shape index (κ3) is 8.60. The number of fused-ring (bicyclic) bond motifs is 9. The second-order valence-electron chi connectivity index (χ2n) is 23.6. The fourth-order valence-electron chi connectivity index (χ4n) is 16.2. The fraction of sp³-hybridized carbons (Fsp3) is 0.722. The van der Waals surface area contributed by atoms with Crippen molar-refractivity contribution in [1.29, 1.82) is 0 Å². The number of allylic oxidation sites excluding steroid dienone is 2. The van der Waals surface area contributed by atoms with Crippen molar-refractivity contribution in [2.24, 2.45) is 73.6 Å². The lowest BCUT2D eigenvalue weighted by Crippen LogP contribution is -2.65. The van der Waals surface area contributed by atoms with E-state index < -0.39 is 40.7 Å². The van der Waals surface area contributed by atoms with Crippen LogP contribution in [-0.4, -0.2) is 83.2 Å². The van der Waals surface area contributed by atoms with Crippen LogP contribution < -0.4 is 11.5 Å². The lowest BCUT2D eigenvalue weighted by atomic mass is 9.42. The van der Waals surface area contributed by atoms with Gasteiger partial charge in [0.25, 0.3) is 0 Å². The molecule has 7 aliphatic rings. The molecule has 1 saturated heterocycles. The first-order valence-corrected chi connectivity index (χ1v) is 27.9. The predicted octanol–water partition coefficient (Wildman–Crippen LogP) is 8.99.